The number of nitrogens with one attached hydrogen (secondary N) is 1. The Morgan fingerprint density at radius 3 is 2.58 bits per heavy atom. The normalized spacial score (nSPS) is 10.4. The van der Waals surface area contributed by atoms with Crippen LogP contribution in [0.2, 0.25) is 5.15 Å². The van der Waals surface area contributed by atoms with Crippen molar-refractivity contribution in [3.63, 3.8) is 0 Å². The van der Waals surface area contributed by atoms with Crippen LogP contribution in [0.1, 0.15) is 25.6 Å². The van der Waals surface area contributed by atoms with E-state index in [1.54, 1.807) is 19.1 Å². The first-order chi connectivity index (χ1) is 12.5. The Morgan fingerprint density at radius 2 is 1.88 bits per heavy atom. The Hall–Kier alpha value is -2.70. The predicted octanol–water partition coefficient (Wildman–Crippen LogP) is 4.81. The molecule has 7 heteroatoms. The van der Waals surface area contributed by atoms with Gasteiger partial charge >= 0.3 is 5.97 Å². The van der Waals surface area contributed by atoms with Crippen LogP contribution >= 0.6 is 22.9 Å². The second kappa shape index (κ2) is 7.68. The van der Waals surface area contributed by atoms with E-state index in [1.165, 1.54) is 13.2 Å². The maximum Gasteiger partial charge on any atom is 0.348 e. The van der Waals surface area contributed by atoms with Gasteiger partial charge in [-0.3, -0.25) is 4.79 Å². The zero-order chi connectivity index (χ0) is 18.7. The molecule has 132 valence electrons. The predicted molar refractivity (Wildman–Crippen MR) is 103 cm³/mol. The topological polar surface area (TPSA) is 68.3 Å². The van der Waals surface area contributed by atoms with Crippen LogP contribution in [0.15, 0.2) is 48.5 Å². The molecule has 0 spiro atoms. The van der Waals surface area contributed by atoms with Crippen molar-refractivity contribution in [3.8, 4) is 11.3 Å². The van der Waals surface area contributed by atoms with E-state index >= 15 is 0 Å². The highest BCUT2D eigenvalue weighted by molar-refractivity contribution is 7.18. The molecule has 0 saturated heterocycles. The van der Waals surface area contributed by atoms with Crippen molar-refractivity contribution in [2.24, 2.45) is 0 Å². The monoisotopic (exact) mass is 386 g/mol. The van der Waals surface area contributed by atoms with Crippen molar-refractivity contribution >= 4 is 39.8 Å². The summed E-state index contributed by atoms with van der Waals surface area (Å²) in [6.07, 6.45) is 0. The number of benzene rings is 1. The maximum atomic E-state index is 12.6. The number of halogens is 1. The number of methoxy groups -OCH3 is 1. The molecule has 0 fully saturated rings. The van der Waals surface area contributed by atoms with Crippen LogP contribution in [0.3, 0.4) is 0 Å². The molecule has 1 amide bonds. The lowest BCUT2D eigenvalue weighted by atomic mass is 10.1. The van der Waals surface area contributed by atoms with E-state index in [2.05, 4.69) is 10.3 Å². The SMILES string of the molecule is COC(=O)c1sc(NC(=O)c2cc(Cl)nc(-c3ccccc3)c2)cc1C. The van der Waals surface area contributed by atoms with Crippen LogP contribution < -0.4 is 5.32 Å². The number of carbonyl (C=O) groups is 2. The van der Waals surface area contributed by atoms with Crippen molar-refractivity contribution < 1.29 is 14.3 Å². The third kappa shape index (κ3) is 3.92. The Balaban J connectivity index is 1.87. The Bertz CT molecular complexity index is 970. The third-order valence-corrected chi connectivity index (χ3v) is 4.98. The third-order valence-electron chi connectivity index (χ3n) is 3.65. The molecule has 3 aromatic rings. The van der Waals surface area contributed by atoms with Gasteiger partial charge in [-0.05, 0) is 30.7 Å². The molecule has 0 aliphatic heterocycles. The summed E-state index contributed by atoms with van der Waals surface area (Å²) in [6, 6.07) is 14.4. The molecular formula is C19H15ClN2O3S. The minimum absolute atomic E-state index is 0.231. The number of aromatic nitrogens is 1. The van der Waals surface area contributed by atoms with E-state index < -0.39 is 5.97 Å². The molecule has 0 bridgehead atoms. The van der Waals surface area contributed by atoms with Crippen molar-refractivity contribution in [2.75, 3.05) is 12.4 Å². The van der Waals surface area contributed by atoms with E-state index in [9.17, 15) is 9.59 Å². The van der Waals surface area contributed by atoms with Gasteiger partial charge in [0.15, 0.2) is 0 Å². The summed E-state index contributed by atoms with van der Waals surface area (Å²) in [4.78, 5) is 29.0. The summed E-state index contributed by atoms with van der Waals surface area (Å²) in [5.41, 5.74) is 2.61. The van der Waals surface area contributed by atoms with E-state index in [4.69, 9.17) is 16.3 Å². The zero-order valence-electron chi connectivity index (χ0n) is 14.1. The van der Waals surface area contributed by atoms with Crippen LogP contribution in [0.4, 0.5) is 5.00 Å². The molecule has 2 aromatic heterocycles. The summed E-state index contributed by atoms with van der Waals surface area (Å²) < 4.78 is 4.73. The fourth-order valence-corrected chi connectivity index (χ4v) is 3.60. The lowest BCUT2D eigenvalue weighted by molar-refractivity contribution is 0.0605. The van der Waals surface area contributed by atoms with E-state index in [0.717, 1.165) is 22.5 Å². The number of hydrogen-bond acceptors (Lipinski definition) is 5. The first-order valence-electron chi connectivity index (χ1n) is 7.71. The number of esters is 1. The van der Waals surface area contributed by atoms with Crippen LogP contribution in [-0.2, 0) is 4.74 Å². The molecule has 0 saturated carbocycles. The van der Waals surface area contributed by atoms with Crippen molar-refractivity contribution in [1.82, 2.24) is 4.98 Å². The van der Waals surface area contributed by atoms with Crippen LogP contribution in [0.5, 0.6) is 0 Å². The highest BCUT2D eigenvalue weighted by Crippen LogP contribution is 2.28. The van der Waals surface area contributed by atoms with Gasteiger partial charge in [0.2, 0.25) is 0 Å². The number of anilines is 1. The number of rotatable bonds is 4. The number of aryl methyl sites for hydroxylation is 1. The van der Waals surface area contributed by atoms with Gasteiger partial charge in [-0.25, -0.2) is 9.78 Å². The fourth-order valence-electron chi connectivity index (χ4n) is 2.41. The van der Waals surface area contributed by atoms with Crippen molar-refractivity contribution in [2.45, 2.75) is 6.92 Å². The molecule has 1 aromatic carbocycles. The largest absolute Gasteiger partial charge is 0.465 e. The Morgan fingerprint density at radius 1 is 1.15 bits per heavy atom. The molecule has 0 aliphatic carbocycles. The highest BCUT2D eigenvalue weighted by Gasteiger charge is 2.17. The van der Waals surface area contributed by atoms with Gasteiger partial charge in [0.1, 0.15) is 10.0 Å². The van der Waals surface area contributed by atoms with E-state index in [-0.39, 0.29) is 11.1 Å². The maximum absolute atomic E-state index is 12.6. The first kappa shape index (κ1) is 18.1. The molecule has 0 radical (unpaired) electrons. The van der Waals surface area contributed by atoms with Gasteiger partial charge in [-0.2, -0.15) is 0 Å². The Labute approximate surface area is 159 Å². The summed E-state index contributed by atoms with van der Waals surface area (Å²) >= 11 is 7.25. The lowest BCUT2D eigenvalue weighted by Crippen LogP contribution is -2.11. The lowest BCUT2D eigenvalue weighted by Gasteiger charge is -2.06. The summed E-state index contributed by atoms with van der Waals surface area (Å²) in [7, 11) is 1.32. The number of pyridine rings is 1. The number of carbonyl (C=O) groups excluding carboxylic acids is 2. The van der Waals surface area contributed by atoms with Crippen LogP contribution in [0.25, 0.3) is 11.3 Å². The molecule has 5 nitrogen and oxygen atoms in total. The molecule has 0 atom stereocenters. The number of thiophene rings is 1. The van der Waals surface area contributed by atoms with Gasteiger partial charge < -0.3 is 10.1 Å². The summed E-state index contributed by atoms with van der Waals surface area (Å²) in [6.45, 7) is 1.79. The van der Waals surface area contributed by atoms with Crippen molar-refractivity contribution in [1.29, 1.82) is 0 Å². The molecule has 2 heterocycles. The van der Waals surface area contributed by atoms with Crippen LogP contribution in [0, 0.1) is 6.92 Å². The standard InChI is InChI=1S/C19H15ClN2O3S/c1-11-8-16(26-17(11)19(24)25-2)22-18(23)13-9-14(21-15(20)10-13)12-6-4-3-5-7-12/h3-10H,1-2H3,(H,22,23). The van der Waals surface area contributed by atoms with Crippen LogP contribution in [-0.4, -0.2) is 24.0 Å². The summed E-state index contributed by atoms with van der Waals surface area (Å²) in [5, 5.41) is 3.58. The fraction of sp³-hybridized carbons (Fsp3) is 0.105. The minimum atomic E-state index is -0.425. The first-order valence-corrected chi connectivity index (χ1v) is 8.90. The van der Waals surface area contributed by atoms with Gasteiger partial charge in [0.25, 0.3) is 5.91 Å². The quantitative estimate of drug-likeness (QED) is 0.516. The molecule has 26 heavy (non-hydrogen) atoms. The number of nitrogens with zero attached hydrogens (tertiary/aromatic N) is 1. The number of ether oxygens (including phenoxy) is 1. The average Bonchev–Trinajstić information content (AvgIpc) is 3.01. The average molecular weight is 387 g/mol. The smallest absolute Gasteiger partial charge is 0.348 e. The second-order valence-corrected chi connectivity index (χ2v) is 6.94. The molecular weight excluding hydrogens is 372 g/mol. The number of amides is 1. The number of hydrogen-bond donors (Lipinski definition) is 1. The molecule has 0 unspecified atom stereocenters. The van der Waals surface area contributed by atoms with Gasteiger partial charge in [-0.1, -0.05) is 41.9 Å². The van der Waals surface area contributed by atoms with E-state index in [0.29, 0.717) is 21.1 Å². The minimum Gasteiger partial charge on any atom is -0.465 e. The van der Waals surface area contributed by atoms with Gasteiger partial charge in [0.05, 0.1) is 17.8 Å². The molecule has 3 rings (SSSR count). The van der Waals surface area contributed by atoms with Crippen molar-refractivity contribution in [3.05, 3.63) is 69.7 Å². The molecule has 1 N–H and O–H groups in total. The Kier molecular flexibility index (Phi) is 5.35. The summed E-state index contributed by atoms with van der Waals surface area (Å²) in [5.74, 6) is -0.754. The highest BCUT2D eigenvalue weighted by atomic mass is 35.5. The second-order valence-electron chi connectivity index (χ2n) is 5.50. The van der Waals surface area contributed by atoms with Gasteiger partial charge in [0, 0.05) is 11.1 Å². The van der Waals surface area contributed by atoms with E-state index in [1.807, 2.05) is 30.3 Å². The molecule has 0 aliphatic rings. The van der Waals surface area contributed by atoms with Gasteiger partial charge in [-0.15, -0.1) is 11.3 Å². The zero-order valence-corrected chi connectivity index (χ0v) is 15.6.